The zero-order valence-corrected chi connectivity index (χ0v) is 12.5. The SMILES string of the molecule is Cc1ccc2c(c1)[nH]c(=S)n2CC(C)c1nccs1. The van der Waals surface area contributed by atoms with Gasteiger partial charge < -0.3 is 9.55 Å². The van der Waals surface area contributed by atoms with Crippen molar-refractivity contribution in [3.05, 3.63) is 45.1 Å². The van der Waals surface area contributed by atoms with Gasteiger partial charge in [-0.3, -0.25) is 0 Å². The van der Waals surface area contributed by atoms with Crippen molar-refractivity contribution in [2.75, 3.05) is 0 Å². The van der Waals surface area contributed by atoms with Crippen molar-refractivity contribution >= 4 is 34.6 Å². The van der Waals surface area contributed by atoms with Crippen molar-refractivity contribution < 1.29 is 0 Å². The lowest BCUT2D eigenvalue weighted by Gasteiger charge is -2.10. The van der Waals surface area contributed by atoms with Gasteiger partial charge in [-0.05, 0) is 36.8 Å². The van der Waals surface area contributed by atoms with Gasteiger partial charge in [0.15, 0.2) is 4.77 Å². The Morgan fingerprint density at radius 3 is 3.05 bits per heavy atom. The minimum Gasteiger partial charge on any atom is -0.331 e. The van der Waals surface area contributed by atoms with Crippen LogP contribution in [0.2, 0.25) is 0 Å². The standard InChI is InChI=1S/C14H15N3S2/c1-9-3-4-12-11(7-9)16-14(18)17(12)8-10(2)13-15-5-6-19-13/h3-7,10H,8H2,1-2H3,(H,16,18). The predicted octanol–water partition coefficient (Wildman–Crippen LogP) is 4.27. The molecule has 2 aromatic heterocycles. The van der Waals surface area contributed by atoms with E-state index in [1.165, 1.54) is 11.1 Å². The van der Waals surface area contributed by atoms with Crippen molar-refractivity contribution in [3.8, 4) is 0 Å². The monoisotopic (exact) mass is 289 g/mol. The number of H-pyrrole nitrogens is 1. The zero-order chi connectivity index (χ0) is 13.4. The van der Waals surface area contributed by atoms with Gasteiger partial charge in [0.05, 0.1) is 16.0 Å². The maximum absolute atomic E-state index is 5.43. The van der Waals surface area contributed by atoms with Gasteiger partial charge in [0.1, 0.15) is 0 Å². The summed E-state index contributed by atoms with van der Waals surface area (Å²) < 4.78 is 2.94. The van der Waals surface area contributed by atoms with Crippen molar-refractivity contribution in [2.45, 2.75) is 26.3 Å². The number of hydrogen-bond acceptors (Lipinski definition) is 3. The predicted molar refractivity (Wildman–Crippen MR) is 82.4 cm³/mol. The van der Waals surface area contributed by atoms with Crippen molar-refractivity contribution in [1.82, 2.24) is 14.5 Å². The molecule has 0 bridgehead atoms. The average molecular weight is 289 g/mol. The summed E-state index contributed by atoms with van der Waals surface area (Å²) in [7, 11) is 0. The Hall–Kier alpha value is -1.46. The van der Waals surface area contributed by atoms with E-state index in [1.807, 2.05) is 11.6 Å². The average Bonchev–Trinajstić information content (AvgIpc) is 2.98. The number of aryl methyl sites for hydroxylation is 1. The molecule has 98 valence electrons. The fourth-order valence-corrected chi connectivity index (χ4v) is 3.26. The first-order valence-electron chi connectivity index (χ1n) is 6.23. The third kappa shape index (κ3) is 2.35. The number of thiazole rings is 1. The molecule has 2 heterocycles. The fourth-order valence-electron chi connectivity index (χ4n) is 2.29. The summed E-state index contributed by atoms with van der Waals surface area (Å²) in [4.78, 5) is 7.66. The molecular weight excluding hydrogens is 274 g/mol. The number of fused-ring (bicyclic) bond motifs is 1. The molecule has 0 saturated carbocycles. The normalized spacial score (nSPS) is 12.9. The van der Waals surface area contributed by atoms with E-state index in [-0.39, 0.29) is 0 Å². The molecule has 3 rings (SSSR count). The number of rotatable bonds is 3. The smallest absolute Gasteiger partial charge is 0.178 e. The van der Waals surface area contributed by atoms with Crippen LogP contribution in [-0.2, 0) is 6.54 Å². The Balaban J connectivity index is 2.01. The number of nitrogens with one attached hydrogen (secondary N) is 1. The third-order valence-corrected chi connectivity index (χ3v) is 4.59. The minimum atomic E-state index is 0.368. The lowest BCUT2D eigenvalue weighted by Crippen LogP contribution is -2.06. The van der Waals surface area contributed by atoms with E-state index >= 15 is 0 Å². The van der Waals surface area contributed by atoms with Crippen LogP contribution in [0.4, 0.5) is 0 Å². The number of benzene rings is 1. The van der Waals surface area contributed by atoms with Crippen molar-refractivity contribution in [3.63, 3.8) is 0 Å². The first kappa shape index (κ1) is 12.6. The summed E-state index contributed by atoms with van der Waals surface area (Å²) in [5.41, 5.74) is 3.51. The van der Waals surface area contributed by atoms with Crippen LogP contribution in [0.1, 0.15) is 23.4 Å². The Bertz CT molecular complexity index is 753. The number of aromatic nitrogens is 3. The van der Waals surface area contributed by atoms with Crippen LogP contribution in [0.3, 0.4) is 0 Å². The highest BCUT2D eigenvalue weighted by Crippen LogP contribution is 2.23. The molecule has 5 heteroatoms. The van der Waals surface area contributed by atoms with Gasteiger partial charge in [0.2, 0.25) is 0 Å². The maximum Gasteiger partial charge on any atom is 0.178 e. The van der Waals surface area contributed by atoms with Crippen LogP contribution in [0.25, 0.3) is 11.0 Å². The van der Waals surface area contributed by atoms with Crippen LogP contribution >= 0.6 is 23.6 Å². The van der Waals surface area contributed by atoms with Crippen molar-refractivity contribution in [2.24, 2.45) is 0 Å². The molecule has 19 heavy (non-hydrogen) atoms. The van der Waals surface area contributed by atoms with Crippen LogP contribution in [0.15, 0.2) is 29.8 Å². The second-order valence-corrected chi connectivity index (χ2v) is 6.15. The van der Waals surface area contributed by atoms with Crippen LogP contribution < -0.4 is 0 Å². The second kappa shape index (κ2) is 4.90. The molecule has 1 atom stereocenters. The molecule has 0 spiro atoms. The van der Waals surface area contributed by atoms with Crippen LogP contribution in [-0.4, -0.2) is 14.5 Å². The van der Waals surface area contributed by atoms with Gasteiger partial charge in [0.25, 0.3) is 0 Å². The molecular formula is C14H15N3S2. The maximum atomic E-state index is 5.43. The van der Waals surface area contributed by atoms with E-state index in [2.05, 4.69) is 46.6 Å². The molecule has 1 N–H and O–H groups in total. The Kier molecular flexibility index (Phi) is 3.24. The van der Waals surface area contributed by atoms with E-state index in [0.29, 0.717) is 5.92 Å². The molecule has 0 aliphatic carbocycles. The number of nitrogens with zero attached hydrogens (tertiary/aromatic N) is 2. The van der Waals surface area contributed by atoms with E-state index in [9.17, 15) is 0 Å². The van der Waals surface area contributed by atoms with Gasteiger partial charge in [-0.2, -0.15) is 0 Å². The summed E-state index contributed by atoms with van der Waals surface area (Å²) in [6.45, 7) is 5.13. The number of hydrogen-bond donors (Lipinski definition) is 1. The highest BCUT2D eigenvalue weighted by Gasteiger charge is 2.12. The molecule has 3 aromatic rings. The molecule has 0 radical (unpaired) electrons. The van der Waals surface area contributed by atoms with E-state index in [1.54, 1.807) is 11.3 Å². The van der Waals surface area contributed by atoms with Gasteiger partial charge >= 0.3 is 0 Å². The molecule has 0 saturated heterocycles. The number of imidazole rings is 1. The fraction of sp³-hybridized carbons (Fsp3) is 0.286. The Morgan fingerprint density at radius 1 is 1.47 bits per heavy atom. The molecule has 0 aliphatic heterocycles. The van der Waals surface area contributed by atoms with E-state index in [4.69, 9.17) is 12.2 Å². The van der Waals surface area contributed by atoms with E-state index < -0.39 is 0 Å². The van der Waals surface area contributed by atoms with Crippen LogP contribution in [0, 0.1) is 11.7 Å². The largest absolute Gasteiger partial charge is 0.331 e. The summed E-state index contributed by atoms with van der Waals surface area (Å²) in [5, 5.41) is 3.17. The summed E-state index contributed by atoms with van der Waals surface area (Å²) in [6, 6.07) is 6.39. The van der Waals surface area contributed by atoms with E-state index in [0.717, 1.165) is 21.8 Å². The first-order chi connectivity index (χ1) is 9.15. The Morgan fingerprint density at radius 2 is 2.32 bits per heavy atom. The second-order valence-electron chi connectivity index (χ2n) is 4.83. The highest BCUT2D eigenvalue weighted by atomic mass is 32.1. The molecule has 1 unspecified atom stereocenters. The molecule has 1 aromatic carbocycles. The summed E-state index contributed by atoms with van der Waals surface area (Å²) in [5.74, 6) is 0.368. The quantitative estimate of drug-likeness (QED) is 0.731. The van der Waals surface area contributed by atoms with Gasteiger partial charge in [-0.1, -0.05) is 13.0 Å². The minimum absolute atomic E-state index is 0.368. The lowest BCUT2D eigenvalue weighted by atomic mass is 10.2. The number of aromatic amines is 1. The zero-order valence-electron chi connectivity index (χ0n) is 10.9. The van der Waals surface area contributed by atoms with Gasteiger partial charge in [-0.25, -0.2) is 4.98 Å². The lowest BCUT2D eigenvalue weighted by molar-refractivity contribution is 0.602. The third-order valence-electron chi connectivity index (χ3n) is 3.26. The topological polar surface area (TPSA) is 33.6 Å². The molecule has 0 aliphatic rings. The van der Waals surface area contributed by atoms with Gasteiger partial charge in [0, 0.05) is 24.0 Å². The molecule has 3 nitrogen and oxygen atoms in total. The van der Waals surface area contributed by atoms with Gasteiger partial charge in [-0.15, -0.1) is 11.3 Å². The highest BCUT2D eigenvalue weighted by molar-refractivity contribution is 7.71. The molecule has 0 amide bonds. The molecule has 0 fully saturated rings. The summed E-state index contributed by atoms with van der Waals surface area (Å²) in [6.07, 6.45) is 1.86. The first-order valence-corrected chi connectivity index (χ1v) is 7.52. The van der Waals surface area contributed by atoms with Crippen LogP contribution in [0.5, 0.6) is 0 Å². The summed E-state index contributed by atoms with van der Waals surface area (Å²) >= 11 is 7.13. The Labute approximate surface area is 120 Å². The van der Waals surface area contributed by atoms with Crippen molar-refractivity contribution in [1.29, 1.82) is 0 Å².